The molecule has 4 heterocycles. The number of nitrogens with zero attached hydrogens (tertiary/aromatic N) is 4. The number of piperidine rings is 1. The average molecular weight is 447 g/mol. The van der Waals surface area contributed by atoms with Crippen LogP contribution in [0.5, 0.6) is 0 Å². The van der Waals surface area contributed by atoms with Gasteiger partial charge in [0.15, 0.2) is 0 Å². The molecule has 1 aromatic carbocycles. The minimum atomic E-state index is -0.390. The van der Waals surface area contributed by atoms with Crippen LogP contribution in [0.3, 0.4) is 0 Å². The SMILES string of the molecule is O=C1NC(=O)/C(=C/c2ccnc(NC3CCCN(Cc4ccc5ccccc5n4)C3)n2)S1. The Labute approximate surface area is 189 Å². The predicted molar refractivity (Wildman–Crippen MR) is 125 cm³/mol. The Balaban J connectivity index is 1.23. The summed E-state index contributed by atoms with van der Waals surface area (Å²) in [5.41, 5.74) is 2.67. The lowest BCUT2D eigenvalue weighted by Gasteiger charge is -2.33. The van der Waals surface area contributed by atoms with Crippen molar-refractivity contribution in [3.8, 4) is 0 Å². The number of aromatic nitrogens is 3. The second-order valence-corrected chi connectivity index (χ2v) is 8.89. The monoisotopic (exact) mass is 446 g/mol. The summed E-state index contributed by atoms with van der Waals surface area (Å²) < 4.78 is 0. The lowest BCUT2D eigenvalue weighted by atomic mass is 10.1. The molecule has 2 aliphatic heterocycles. The topological polar surface area (TPSA) is 100 Å². The normalized spacial score (nSPS) is 20.6. The summed E-state index contributed by atoms with van der Waals surface area (Å²) in [6.07, 6.45) is 5.37. The van der Waals surface area contributed by atoms with Crippen molar-refractivity contribution in [3.63, 3.8) is 0 Å². The van der Waals surface area contributed by atoms with E-state index in [1.807, 2.05) is 18.2 Å². The summed E-state index contributed by atoms with van der Waals surface area (Å²) in [5, 5.41) is 6.46. The fraction of sp³-hybridized carbons (Fsp3) is 0.261. The first-order valence-corrected chi connectivity index (χ1v) is 11.4. The molecule has 2 fully saturated rings. The maximum Gasteiger partial charge on any atom is 0.290 e. The first kappa shape index (κ1) is 20.6. The molecule has 0 spiro atoms. The fourth-order valence-corrected chi connectivity index (χ4v) is 4.67. The van der Waals surface area contributed by atoms with Crippen LogP contribution in [-0.4, -0.2) is 50.1 Å². The minimum Gasteiger partial charge on any atom is -0.350 e. The fourth-order valence-electron chi connectivity index (χ4n) is 4.00. The quantitative estimate of drug-likeness (QED) is 0.575. The zero-order valence-corrected chi connectivity index (χ0v) is 18.1. The number of hydrogen-bond donors (Lipinski definition) is 2. The van der Waals surface area contributed by atoms with Gasteiger partial charge in [-0.2, -0.15) is 0 Å². The van der Waals surface area contributed by atoms with E-state index in [-0.39, 0.29) is 11.3 Å². The minimum absolute atomic E-state index is 0.220. The summed E-state index contributed by atoms with van der Waals surface area (Å²) in [4.78, 5) is 39.5. The van der Waals surface area contributed by atoms with E-state index in [1.165, 1.54) is 0 Å². The number of likely N-dealkylation sites (tertiary alicyclic amines) is 1. The number of thioether (sulfide) groups is 1. The van der Waals surface area contributed by atoms with E-state index in [0.717, 1.165) is 60.8 Å². The number of anilines is 1. The number of imide groups is 1. The molecule has 0 aliphatic carbocycles. The van der Waals surface area contributed by atoms with Crippen LogP contribution in [0.4, 0.5) is 10.7 Å². The number of carbonyl (C=O) groups is 2. The molecule has 8 nitrogen and oxygen atoms in total. The van der Waals surface area contributed by atoms with Gasteiger partial charge in [-0.3, -0.25) is 24.8 Å². The number of rotatable bonds is 5. The van der Waals surface area contributed by atoms with Gasteiger partial charge in [-0.05, 0) is 55.4 Å². The Morgan fingerprint density at radius 2 is 2.06 bits per heavy atom. The Hall–Kier alpha value is -3.30. The summed E-state index contributed by atoms with van der Waals surface area (Å²) in [6.45, 7) is 2.70. The molecule has 0 radical (unpaired) electrons. The standard InChI is InChI=1S/C23H22N6O2S/c30-21-20(32-23(31)28-21)12-16-9-10-24-22(26-16)27-17-5-3-11-29(13-17)14-18-8-7-15-4-1-2-6-19(15)25-18/h1-2,4,6-10,12,17H,3,5,11,13-14H2,(H,24,26,27)(H,28,30,31)/b20-12-. The van der Waals surface area contributed by atoms with Gasteiger partial charge in [0.05, 0.1) is 21.8 Å². The maximum atomic E-state index is 11.8. The number of hydrogen-bond acceptors (Lipinski definition) is 8. The summed E-state index contributed by atoms with van der Waals surface area (Å²) in [7, 11) is 0. The van der Waals surface area contributed by atoms with Crippen molar-refractivity contribution < 1.29 is 9.59 Å². The Bertz CT molecular complexity index is 1210. The van der Waals surface area contributed by atoms with Crippen LogP contribution in [0.1, 0.15) is 24.2 Å². The number of benzene rings is 1. The van der Waals surface area contributed by atoms with Gasteiger partial charge in [-0.25, -0.2) is 9.97 Å². The van der Waals surface area contributed by atoms with Crippen molar-refractivity contribution in [1.82, 2.24) is 25.2 Å². The van der Waals surface area contributed by atoms with Gasteiger partial charge in [-0.1, -0.05) is 24.3 Å². The molecule has 0 saturated carbocycles. The Kier molecular flexibility index (Phi) is 5.83. The van der Waals surface area contributed by atoms with Gasteiger partial charge in [0.2, 0.25) is 5.95 Å². The van der Waals surface area contributed by atoms with Crippen molar-refractivity contribution in [3.05, 3.63) is 65.0 Å². The van der Waals surface area contributed by atoms with Crippen molar-refractivity contribution in [2.75, 3.05) is 18.4 Å². The highest BCUT2D eigenvalue weighted by Gasteiger charge is 2.25. The molecule has 2 saturated heterocycles. The molecular weight excluding hydrogens is 424 g/mol. The number of amides is 2. The molecule has 9 heteroatoms. The van der Waals surface area contributed by atoms with Crippen LogP contribution < -0.4 is 10.6 Å². The lowest BCUT2D eigenvalue weighted by molar-refractivity contribution is -0.115. The number of nitrogens with one attached hydrogen (secondary N) is 2. The van der Waals surface area contributed by atoms with Gasteiger partial charge in [0.25, 0.3) is 11.1 Å². The van der Waals surface area contributed by atoms with Crippen molar-refractivity contribution in [2.45, 2.75) is 25.4 Å². The smallest absolute Gasteiger partial charge is 0.290 e. The van der Waals surface area contributed by atoms with Gasteiger partial charge < -0.3 is 5.32 Å². The number of para-hydroxylation sites is 1. The van der Waals surface area contributed by atoms with E-state index in [2.05, 4.69) is 43.7 Å². The molecule has 0 bridgehead atoms. The molecule has 5 rings (SSSR count). The largest absolute Gasteiger partial charge is 0.350 e. The second kappa shape index (κ2) is 9.05. The van der Waals surface area contributed by atoms with Crippen molar-refractivity contribution in [2.24, 2.45) is 0 Å². The van der Waals surface area contributed by atoms with Crippen LogP contribution in [0.25, 0.3) is 17.0 Å². The summed E-state index contributed by atoms with van der Waals surface area (Å²) in [5.74, 6) is 0.128. The third-order valence-corrected chi connectivity index (χ3v) is 6.29. The molecule has 3 aromatic rings. The van der Waals surface area contributed by atoms with Crippen LogP contribution >= 0.6 is 11.8 Å². The molecule has 2 amide bonds. The predicted octanol–water partition coefficient (Wildman–Crippen LogP) is 3.43. The average Bonchev–Trinajstić information content (AvgIpc) is 3.10. The molecule has 32 heavy (non-hydrogen) atoms. The second-order valence-electron chi connectivity index (χ2n) is 7.87. The molecule has 2 aromatic heterocycles. The zero-order valence-electron chi connectivity index (χ0n) is 17.3. The Morgan fingerprint density at radius 3 is 2.94 bits per heavy atom. The zero-order chi connectivity index (χ0) is 21.9. The highest BCUT2D eigenvalue weighted by Crippen LogP contribution is 2.25. The highest BCUT2D eigenvalue weighted by molar-refractivity contribution is 8.18. The molecule has 162 valence electrons. The highest BCUT2D eigenvalue weighted by atomic mass is 32.2. The van der Waals surface area contributed by atoms with Crippen LogP contribution in [0.15, 0.2) is 53.6 Å². The number of pyridine rings is 1. The van der Waals surface area contributed by atoms with Crippen molar-refractivity contribution in [1.29, 1.82) is 0 Å². The van der Waals surface area contributed by atoms with Gasteiger partial charge >= 0.3 is 0 Å². The number of fused-ring (bicyclic) bond motifs is 1. The third-order valence-electron chi connectivity index (χ3n) is 5.48. The van der Waals surface area contributed by atoms with Crippen LogP contribution in [0.2, 0.25) is 0 Å². The van der Waals surface area contributed by atoms with Gasteiger partial charge in [-0.15, -0.1) is 0 Å². The van der Waals surface area contributed by atoms with E-state index in [1.54, 1.807) is 18.3 Å². The van der Waals surface area contributed by atoms with E-state index in [4.69, 9.17) is 4.98 Å². The van der Waals surface area contributed by atoms with E-state index in [0.29, 0.717) is 16.5 Å². The molecular formula is C23H22N6O2S. The van der Waals surface area contributed by atoms with E-state index in [9.17, 15) is 9.59 Å². The van der Waals surface area contributed by atoms with Gasteiger partial charge in [0.1, 0.15) is 0 Å². The Morgan fingerprint density at radius 1 is 1.16 bits per heavy atom. The lowest BCUT2D eigenvalue weighted by Crippen LogP contribution is -2.42. The number of carbonyl (C=O) groups excluding carboxylic acids is 2. The maximum absolute atomic E-state index is 11.8. The van der Waals surface area contributed by atoms with Gasteiger partial charge in [0, 0.05) is 30.7 Å². The molecule has 2 aliphatic rings. The summed E-state index contributed by atoms with van der Waals surface area (Å²) >= 11 is 0.880. The summed E-state index contributed by atoms with van der Waals surface area (Å²) in [6, 6.07) is 14.3. The van der Waals surface area contributed by atoms with E-state index < -0.39 is 5.91 Å². The van der Waals surface area contributed by atoms with Crippen LogP contribution in [-0.2, 0) is 11.3 Å². The molecule has 1 unspecified atom stereocenters. The molecule has 1 atom stereocenters. The van der Waals surface area contributed by atoms with Crippen LogP contribution in [0, 0.1) is 0 Å². The first-order chi connectivity index (χ1) is 15.6. The molecule has 2 N–H and O–H groups in total. The van der Waals surface area contributed by atoms with Crippen molar-refractivity contribution >= 4 is 45.8 Å². The third kappa shape index (κ3) is 4.79. The van der Waals surface area contributed by atoms with E-state index >= 15 is 0 Å². The first-order valence-electron chi connectivity index (χ1n) is 10.5.